The number of pyridine rings is 1. The van der Waals surface area contributed by atoms with Crippen molar-refractivity contribution in [3.05, 3.63) is 46.7 Å². The van der Waals surface area contributed by atoms with Crippen LogP contribution in [0.4, 0.5) is 11.5 Å². The highest BCUT2D eigenvalue weighted by molar-refractivity contribution is 5.81. The first-order valence-electron chi connectivity index (χ1n) is 11.2. The molecule has 34 heavy (non-hydrogen) atoms. The van der Waals surface area contributed by atoms with Gasteiger partial charge in [-0.15, -0.1) is 0 Å². The fourth-order valence-electron chi connectivity index (χ4n) is 4.50. The third-order valence-corrected chi connectivity index (χ3v) is 6.25. The summed E-state index contributed by atoms with van der Waals surface area (Å²) in [6.45, 7) is 4.85. The van der Waals surface area contributed by atoms with E-state index in [2.05, 4.69) is 25.4 Å². The van der Waals surface area contributed by atoms with Gasteiger partial charge in [0.15, 0.2) is 11.2 Å². The normalized spacial score (nSPS) is 17.9. The molecule has 0 spiro atoms. The second-order valence-corrected chi connectivity index (χ2v) is 8.33. The van der Waals surface area contributed by atoms with Gasteiger partial charge in [0.2, 0.25) is 5.88 Å². The minimum absolute atomic E-state index is 0.0343. The number of imidazole rings is 1. The Morgan fingerprint density at radius 3 is 2.91 bits per heavy atom. The van der Waals surface area contributed by atoms with Gasteiger partial charge >= 0.3 is 5.82 Å². The molecule has 1 aliphatic carbocycles. The van der Waals surface area contributed by atoms with Crippen molar-refractivity contribution in [3.8, 4) is 17.3 Å². The van der Waals surface area contributed by atoms with Gasteiger partial charge in [-0.1, -0.05) is 0 Å². The molecule has 1 aliphatic rings. The van der Waals surface area contributed by atoms with Crippen LogP contribution in [0.15, 0.2) is 30.9 Å². The minimum atomic E-state index is -0.479. The number of ether oxygens (including phenoxy) is 1. The molecular formula is C22H25N9O3. The fraction of sp³-hybridized carbons (Fsp3) is 0.409. The number of rotatable bonds is 7. The van der Waals surface area contributed by atoms with Crippen molar-refractivity contribution in [2.24, 2.45) is 7.05 Å². The smallest absolute Gasteiger partial charge is 0.386 e. The van der Waals surface area contributed by atoms with Gasteiger partial charge in [-0.3, -0.25) is 4.68 Å². The lowest BCUT2D eigenvalue weighted by Crippen LogP contribution is -2.20. The third-order valence-electron chi connectivity index (χ3n) is 6.25. The monoisotopic (exact) mass is 463 g/mol. The van der Waals surface area contributed by atoms with Crippen molar-refractivity contribution in [1.82, 2.24) is 34.3 Å². The number of nitro groups is 1. The predicted octanol–water partition coefficient (Wildman–Crippen LogP) is 3.27. The molecule has 0 amide bonds. The van der Waals surface area contributed by atoms with E-state index in [-0.39, 0.29) is 18.0 Å². The molecule has 4 heterocycles. The Morgan fingerprint density at radius 1 is 1.29 bits per heavy atom. The highest BCUT2D eigenvalue weighted by Gasteiger charge is 2.29. The molecule has 5 rings (SSSR count). The molecule has 2 atom stereocenters. The lowest BCUT2D eigenvalue weighted by Gasteiger charge is -2.15. The molecule has 0 aliphatic heterocycles. The SMILES string of the molecule is CCn1ncc(-c2nc3c(O[C@@H]4CC[C@H](Nc5cccnc5[N+](=O)[O-])C4)ncnc3n2C)c1C. The zero-order valence-corrected chi connectivity index (χ0v) is 19.2. The van der Waals surface area contributed by atoms with Crippen LogP contribution < -0.4 is 10.1 Å². The summed E-state index contributed by atoms with van der Waals surface area (Å²) in [5.74, 6) is 1.02. The van der Waals surface area contributed by atoms with Crippen LogP contribution in [0.2, 0.25) is 0 Å². The minimum Gasteiger partial charge on any atom is -0.473 e. The van der Waals surface area contributed by atoms with Crippen LogP contribution in [-0.2, 0) is 13.6 Å². The lowest BCUT2D eigenvalue weighted by atomic mass is 10.2. The number of anilines is 1. The first-order chi connectivity index (χ1) is 16.5. The zero-order valence-electron chi connectivity index (χ0n) is 19.2. The zero-order chi connectivity index (χ0) is 23.8. The van der Waals surface area contributed by atoms with Crippen LogP contribution >= 0.6 is 0 Å². The van der Waals surface area contributed by atoms with Crippen molar-refractivity contribution in [2.75, 3.05) is 5.32 Å². The molecule has 1 saturated carbocycles. The van der Waals surface area contributed by atoms with Crippen molar-refractivity contribution >= 4 is 22.7 Å². The maximum atomic E-state index is 11.2. The van der Waals surface area contributed by atoms with Crippen LogP contribution in [0.1, 0.15) is 31.9 Å². The summed E-state index contributed by atoms with van der Waals surface area (Å²) in [5, 5.41) is 18.9. The summed E-state index contributed by atoms with van der Waals surface area (Å²) < 4.78 is 10.1. The highest BCUT2D eigenvalue weighted by Crippen LogP contribution is 2.32. The molecule has 0 unspecified atom stereocenters. The number of aryl methyl sites for hydroxylation is 2. The van der Waals surface area contributed by atoms with E-state index in [1.165, 1.54) is 12.5 Å². The molecule has 0 bridgehead atoms. The number of aromatic nitrogens is 7. The van der Waals surface area contributed by atoms with Crippen molar-refractivity contribution in [3.63, 3.8) is 0 Å². The third kappa shape index (κ3) is 3.80. The van der Waals surface area contributed by atoms with Crippen LogP contribution in [-0.4, -0.2) is 51.4 Å². The van der Waals surface area contributed by atoms with E-state index in [1.54, 1.807) is 12.1 Å². The van der Waals surface area contributed by atoms with Crippen LogP contribution in [0, 0.1) is 17.0 Å². The van der Waals surface area contributed by atoms with Crippen molar-refractivity contribution in [1.29, 1.82) is 0 Å². The van der Waals surface area contributed by atoms with Crippen LogP contribution in [0.25, 0.3) is 22.6 Å². The molecule has 4 aromatic heterocycles. The van der Waals surface area contributed by atoms with Gasteiger partial charge in [0.1, 0.15) is 30.1 Å². The first kappa shape index (κ1) is 21.7. The van der Waals surface area contributed by atoms with Gasteiger partial charge in [0.25, 0.3) is 0 Å². The summed E-state index contributed by atoms with van der Waals surface area (Å²) in [5.41, 5.74) is 3.67. The van der Waals surface area contributed by atoms with Crippen LogP contribution in [0.5, 0.6) is 5.88 Å². The topological polar surface area (TPSA) is 139 Å². The molecule has 12 nitrogen and oxygen atoms in total. The number of nitrogens with one attached hydrogen (secondary N) is 1. The summed E-state index contributed by atoms with van der Waals surface area (Å²) in [4.78, 5) is 28.2. The van der Waals surface area contributed by atoms with E-state index in [9.17, 15) is 10.1 Å². The van der Waals surface area contributed by atoms with E-state index in [1.807, 2.05) is 36.3 Å². The molecule has 0 saturated heterocycles. The van der Waals surface area contributed by atoms with E-state index in [4.69, 9.17) is 9.72 Å². The van der Waals surface area contributed by atoms with E-state index in [0.29, 0.717) is 29.2 Å². The molecule has 0 aromatic carbocycles. The molecule has 12 heteroatoms. The van der Waals surface area contributed by atoms with Gasteiger partial charge < -0.3 is 24.7 Å². The van der Waals surface area contributed by atoms with Gasteiger partial charge in [0.05, 0.1) is 11.8 Å². The van der Waals surface area contributed by atoms with Crippen LogP contribution in [0.3, 0.4) is 0 Å². The number of nitrogens with zero attached hydrogens (tertiary/aromatic N) is 8. The van der Waals surface area contributed by atoms with Gasteiger partial charge in [-0.05, 0) is 48.7 Å². The van der Waals surface area contributed by atoms with Crippen molar-refractivity contribution < 1.29 is 9.66 Å². The van der Waals surface area contributed by atoms with E-state index < -0.39 is 4.92 Å². The molecule has 4 aromatic rings. The Bertz CT molecular complexity index is 1360. The predicted molar refractivity (Wildman–Crippen MR) is 125 cm³/mol. The number of hydrogen-bond acceptors (Lipinski definition) is 9. The maximum absolute atomic E-state index is 11.2. The summed E-state index contributed by atoms with van der Waals surface area (Å²) >= 11 is 0. The Hall–Kier alpha value is -4.09. The largest absolute Gasteiger partial charge is 0.473 e. The Labute approximate surface area is 195 Å². The van der Waals surface area contributed by atoms with Crippen molar-refractivity contribution in [2.45, 2.75) is 51.8 Å². The second kappa shape index (κ2) is 8.69. The van der Waals surface area contributed by atoms with Gasteiger partial charge in [-0.2, -0.15) is 10.1 Å². The van der Waals surface area contributed by atoms with E-state index in [0.717, 1.165) is 36.5 Å². The maximum Gasteiger partial charge on any atom is 0.386 e. The average molecular weight is 464 g/mol. The molecular weight excluding hydrogens is 438 g/mol. The Morgan fingerprint density at radius 2 is 2.15 bits per heavy atom. The molecule has 176 valence electrons. The second-order valence-electron chi connectivity index (χ2n) is 8.33. The molecule has 1 fully saturated rings. The average Bonchev–Trinajstić information content (AvgIpc) is 3.52. The quantitative estimate of drug-likeness (QED) is 0.323. The first-order valence-corrected chi connectivity index (χ1v) is 11.2. The molecule has 0 radical (unpaired) electrons. The fourth-order valence-corrected chi connectivity index (χ4v) is 4.50. The number of hydrogen-bond donors (Lipinski definition) is 1. The molecule has 1 N–H and O–H groups in total. The highest BCUT2D eigenvalue weighted by atomic mass is 16.6. The summed E-state index contributed by atoms with van der Waals surface area (Å²) in [6.07, 6.45) is 6.90. The standard InChI is InChI=1S/C22H25N9O3/c1-4-30-13(2)16(11-26-30)19-28-18-21(29(19)3)24-12-25-22(18)34-15-8-7-14(10-15)27-17-6-5-9-23-20(17)31(32)33/h5-6,9,11-12,14-15,27H,4,7-8,10H2,1-3H3/t14-,15+/m0/s1. The van der Waals surface area contributed by atoms with Gasteiger partial charge in [0, 0.05) is 31.7 Å². The Balaban J connectivity index is 1.36. The van der Waals surface area contributed by atoms with E-state index >= 15 is 0 Å². The van der Waals surface area contributed by atoms with Gasteiger partial charge in [-0.25, -0.2) is 9.97 Å². The lowest BCUT2D eigenvalue weighted by molar-refractivity contribution is -0.388. The summed E-state index contributed by atoms with van der Waals surface area (Å²) in [6, 6.07) is 3.39. The number of fused-ring (bicyclic) bond motifs is 1. The summed E-state index contributed by atoms with van der Waals surface area (Å²) in [7, 11) is 1.92. The Kier molecular flexibility index (Phi) is 5.56.